The maximum atomic E-state index is 14.9. The molecule has 3 aromatic rings. The Morgan fingerprint density at radius 1 is 1.10 bits per heavy atom. The average Bonchev–Trinajstić information content (AvgIpc) is 3.68. The molecule has 2 aromatic heterocycles. The van der Waals surface area contributed by atoms with Crippen molar-refractivity contribution in [2.24, 2.45) is 5.92 Å². The molecule has 12 heteroatoms. The van der Waals surface area contributed by atoms with Gasteiger partial charge in [-0.25, -0.2) is 19.2 Å². The fraction of sp³-hybridized carbons (Fsp3) is 0.533. The van der Waals surface area contributed by atoms with E-state index in [0.717, 1.165) is 12.8 Å². The topological polar surface area (TPSA) is 128 Å². The third kappa shape index (κ3) is 6.75. The van der Waals surface area contributed by atoms with E-state index in [9.17, 15) is 14.0 Å². The van der Waals surface area contributed by atoms with E-state index >= 15 is 0 Å². The van der Waals surface area contributed by atoms with Gasteiger partial charge in [-0.15, -0.1) is 5.06 Å². The Bertz CT molecular complexity index is 1490. The Balaban J connectivity index is 1.36. The quantitative estimate of drug-likeness (QED) is 0.342. The van der Waals surface area contributed by atoms with Crippen molar-refractivity contribution in [1.82, 2.24) is 25.3 Å². The number of hydrogen-bond donors (Lipinski definition) is 2. The summed E-state index contributed by atoms with van der Waals surface area (Å²) < 4.78 is 31.4. The lowest BCUT2D eigenvalue weighted by Crippen LogP contribution is -2.45. The van der Waals surface area contributed by atoms with Gasteiger partial charge in [0.1, 0.15) is 28.4 Å². The van der Waals surface area contributed by atoms with E-state index in [2.05, 4.69) is 20.3 Å². The lowest BCUT2D eigenvalue weighted by Gasteiger charge is -2.31. The fourth-order valence-corrected chi connectivity index (χ4v) is 4.98. The average molecular weight is 584 g/mol. The number of aromatic nitrogens is 3. The van der Waals surface area contributed by atoms with Gasteiger partial charge in [0.15, 0.2) is 11.6 Å². The summed E-state index contributed by atoms with van der Waals surface area (Å²) in [5, 5.41) is 4.65. The largest absolute Gasteiger partial charge is 0.528 e. The van der Waals surface area contributed by atoms with Crippen LogP contribution < -0.4 is 14.8 Å². The number of benzene rings is 1. The first kappa shape index (κ1) is 29.6. The van der Waals surface area contributed by atoms with Gasteiger partial charge in [0.2, 0.25) is 0 Å². The van der Waals surface area contributed by atoms with Gasteiger partial charge in [0, 0.05) is 36.5 Å². The van der Waals surface area contributed by atoms with E-state index in [-0.39, 0.29) is 17.7 Å². The molecule has 1 saturated carbocycles. The molecule has 2 N–H and O–H groups in total. The van der Waals surface area contributed by atoms with Gasteiger partial charge >= 0.3 is 6.16 Å². The monoisotopic (exact) mass is 583 g/mol. The molecule has 1 amide bonds. The summed E-state index contributed by atoms with van der Waals surface area (Å²) in [6, 6.07) is 2.77. The molecule has 0 atom stereocenters. The fourth-order valence-electron chi connectivity index (χ4n) is 4.98. The lowest BCUT2D eigenvalue weighted by molar-refractivity contribution is -0.152. The third-order valence-electron chi connectivity index (χ3n) is 7.24. The van der Waals surface area contributed by atoms with E-state index in [0.29, 0.717) is 83.6 Å². The van der Waals surface area contributed by atoms with Crippen LogP contribution in [0.3, 0.4) is 0 Å². The predicted octanol–water partition coefficient (Wildman–Crippen LogP) is 5.24. The highest BCUT2D eigenvalue weighted by molar-refractivity contribution is 6.09. The first-order valence-corrected chi connectivity index (χ1v) is 14.3. The number of carbonyl (C=O) groups is 2. The zero-order valence-corrected chi connectivity index (χ0v) is 24.9. The van der Waals surface area contributed by atoms with Gasteiger partial charge in [-0.3, -0.25) is 4.79 Å². The van der Waals surface area contributed by atoms with Crippen molar-refractivity contribution in [3.63, 3.8) is 0 Å². The minimum atomic E-state index is -0.747. The number of nitrogens with one attached hydrogen (secondary N) is 2. The first-order valence-electron chi connectivity index (χ1n) is 14.3. The summed E-state index contributed by atoms with van der Waals surface area (Å²) >= 11 is 0. The van der Waals surface area contributed by atoms with Gasteiger partial charge in [0.25, 0.3) is 5.91 Å². The molecule has 2 aliphatic rings. The standard InChI is InChI=1S/C30H38FN5O6/c1-16-24(28(37)35-19-9-11-36(12-10-19)42-29(38)41-30(3,4)5)26-27(32-16)25(33-17(2)34-26)20-13-21(31)23(39-6)14-22(20)40-15-18-7-8-18/h13-14,18-19,32H,7-12,15H2,1-6H3,(H,35,37). The number of hydrogen-bond acceptors (Lipinski definition) is 9. The molecule has 0 bridgehead atoms. The molecule has 1 aliphatic carbocycles. The highest BCUT2D eigenvalue weighted by Crippen LogP contribution is 2.40. The summed E-state index contributed by atoms with van der Waals surface area (Å²) in [7, 11) is 1.41. The van der Waals surface area contributed by atoms with Crippen LogP contribution in [0.1, 0.15) is 68.3 Å². The molecule has 42 heavy (non-hydrogen) atoms. The molecule has 2 fully saturated rings. The van der Waals surface area contributed by atoms with Crippen LogP contribution in [0.2, 0.25) is 0 Å². The predicted molar refractivity (Wildman–Crippen MR) is 153 cm³/mol. The number of carbonyl (C=O) groups excluding carboxylic acids is 2. The number of rotatable bonds is 8. The Morgan fingerprint density at radius 2 is 1.81 bits per heavy atom. The Kier molecular flexibility index (Phi) is 8.27. The molecule has 0 radical (unpaired) electrons. The minimum absolute atomic E-state index is 0.0804. The van der Waals surface area contributed by atoms with Gasteiger partial charge in [-0.2, -0.15) is 0 Å². The smallest absolute Gasteiger partial charge is 0.494 e. The molecular weight excluding hydrogens is 545 g/mol. The molecule has 1 aromatic carbocycles. The van der Waals surface area contributed by atoms with Crippen LogP contribution in [-0.4, -0.2) is 70.5 Å². The number of piperidine rings is 1. The van der Waals surface area contributed by atoms with E-state index in [1.165, 1.54) is 13.2 Å². The Hall–Kier alpha value is -3.93. The molecule has 0 unspecified atom stereocenters. The first-order chi connectivity index (χ1) is 19.9. The Labute approximate surface area is 244 Å². The molecular formula is C30H38FN5O6. The second-order valence-corrected chi connectivity index (χ2v) is 11.9. The van der Waals surface area contributed by atoms with Crippen LogP contribution in [0.15, 0.2) is 12.1 Å². The number of ether oxygens (including phenoxy) is 3. The molecule has 3 heterocycles. The number of methoxy groups -OCH3 is 1. The zero-order valence-electron chi connectivity index (χ0n) is 24.9. The molecule has 226 valence electrons. The molecule has 11 nitrogen and oxygen atoms in total. The van der Waals surface area contributed by atoms with Crippen LogP contribution in [0, 0.1) is 25.6 Å². The number of fused-ring (bicyclic) bond motifs is 1. The number of aryl methyl sites for hydroxylation is 2. The maximum Gasteiger partial charge on any atom is 0.528 e. The van der Waals surface area contributed by atoms with Crippen molar-refractivity contribution >= 4 is 23.1 Å². The normalized spacial score (nSPS) is 16.4. The van der Waals surface area contributed by atoms with Crippen LogP contribution >= 0.6 is 0 Å². The van der Waals surface area contributed by atoms with Crippen molar-refractivity contribution in [2.45, 2.75) is 71.9 Å². The maximum absolute atomic E-state index is 14.9. The number of nitrogens with zero attached hydrogens (tertiary/aromatic N) is 3. The van der Waals surface area contributed by atoms with Gasteiger partial charge in [-0.1, -0.05) is 0 Å². The van der Waals surface area contributed by atoms with Gasteiger partial charge < -0.3 is 29.3 Å². The van der Waals surface area contributed by atoms with Gasteiger partial charge in [-0.05, 0) is 72.3 Å². The number of halogens is 1. The highest BCUT2D eigenvalue weighted by Gasteiger charge is 2.29. The number of H-pyrrole nitrogens is 1. The molecule has 0 spiro atoms. The van der Waals surface area contributed by atoms with Crippen molar-refractivity contribution < 1.29 is 33.0 Å². The highest BCUT2D eigenvalue weighted by atomic mass is 19.1. The molecule has 1 saturated heterocycles. The number of aromatic amines is 1. The second kappa shape index (κ2) is 11.7. The van der Waals surface area contributed by atoms with Crippen molar-refractivity contribution in [2.75, 3.05) is 26.8 Å². The molecule has 5 rings (SSSR count). The number of hydroxylamine groups is 2. The second-order valence-electron chi connectivity index (χ2n) is 11.9. The van der Waals surface area contributed by atoms with Crippen LogP contribution in [0.5, 0.6) is 11.5 Å². The Morgan fingerprint density at radius 3 is 2.45 bits per heavy atom. The van der Waals surface area contributed by atoms with E-state index in [1.54, 1.807) is 45.7 Å². The van der Waals surface area contributed by atoms with Crippen molar-refractivity contribution in [3.8, 4) is 22.8 Å². The van der Waals surface area contributed by atoms with Crippen LogP contribution in [0.4, 0.5) is 9.18 Å². The minimum Gasteiger partial charge on any atom is -0.494 e. The van der Waals surface area contributed by atoms with E-state index in [4.69, 9.17) is 19.0 Å². The molecule has 1 aliphatic heterocycles. The van der Waals surface area contributed by atoms with Crippen molar-refractivity contribution in [1.29, 1.82) is 0 Å². The summed E-state index contributed by atoms with van der Waals surface area (Å²) in [4.78, 5) is 43.4. The summed E-state index contributed by atoms with van der Waals surface area (Å²) in [5.41, 5.74) is 2.24. The number of amides is 1. The van der Waals surface area contributed by atoms with E-state index in [1.807, 2.05) is 0 Å². The van der Waals surface area contributed by atoms with Crippen molar-refractivity contribution in [3.05, 3.63) is 35.0 Å². The van der Waals surface area contributed by atoms with Gasteiger partial charge in [0.05, 0.1) is 24.8 Å². The van der Waals surface area contributed by atoms with Crippen LogP contribution in [0.25, 0.3) is 22.3 Å². The zero-order chi connectivity index (χ0) is 30.2. The summed E-state index contributed by atoms with van der Waals surface area (Å²) in [6.45, 7) is 10.3. The summed E-state index contributed by atoms with van der Waals surface area (Å²) in [5.74, 6) is 0.636. The third-order valence-corrected chi connectivity index (χ3v) is 7.24. The summed E-state index contributed by atoms with van der Waals surface area (Å²) in [6.07, 6.45) is 2.64. The van der Waals surface area contributed by atoms with Crippen LogP contribution in [-0.2, 0) is 9.57 Å². The SMILES string of the molecule is COc1cc(OCC2CC2)c(-c2nc(C)nc3c(C(=O)NC4CCN(OC(=O)OC(C)(C)C)CC4)c(C)[nH]c23)cc1F. The van der Waals surface area contributed by atoms with E-state index < -0.39 is 17.6 Å². The lowest BCUT2D eigenvalue weighted by atomic mass is 10.0.